The summed E-state index contributed by atoms with van der Waals surface area (Å²) >= 11 is 1.61. The average Bonchev–Trinajstić information content (AvgIpc) is 3.06. The highest BCUT2D eigenvalue weighted by atomic mass is 32.1. The molecule has 0 unspecified atom stereocenters. The Labute approximate surface area is 126 Å². The molecule has 0 fully saturated rings. The number of carbonyl (C=O) groups excluding carboxylic acids is 1. The van der Waals surface area contributed by atoms with E-state index >= 15 is 0 Å². The lowest BCUT2D eigenvalue weighted by molar-refractivity contribution is 0.104. The van der Waals surface area contributed by atoms with Crippen LogP contribution >= 0.6 is 11.3 Å². The van der Waals surface area contributed by atoms with Crippen LogP contribution in [0.2, 0.25) is 0 Å². The van der Waals surface area contributed by atoms with Crippen LogP contribution in [0.5, 0.6) is 0 Å². The SMILES string of the molecule is Cc1[nH]c2ccsc2c1C(=O)c1cccc2ccccc12. The fourth-order valence-electron chi connectivity index (χ4n) is 2.87. The minimum atomic E-state index is 0.0954. The molecule has 0 saturated carbocycles. The lowest BCUT2D eigenvalue weighted by Gasteiger charge is -2.05. The Kier molecular flexibility index (Phi) is 2.69. The number of thiophene rings is 1. The average molecular weight is 291 g/mol. The Bertz CT molecular complexity index is 972. The van der Waals surface area contributed by atoms with Gasteiger partial charge in [0.2, 0.25) is 0 Å². The molecule has 0 saturated heterocycles. The van der Waals surface area contributed by atoms with Gasteiger partial charge in [0.25, 0.3) is 0 Å². The standard InChI is InChI=1S/C18H13NOS/c1-11-16(18-15(19-11)9-10-21-18)17(20)14-8-4-6-12-5-2-3-7-13(12)14/h2-10,19H,1H3. The van der Waals surface area contributed by atoms with Gasteiger partial charge in [-0.05, 0) is 29.1 Å². The molecule has 0 aliphatic heterocycles. The molecule has 0 atom stereocenters. The van der Waals surface area contributed by atoms with Gasteiger partial charge in [-0.2, -0.15) is 0 Å². The summed E-state index contributed by atoms with van der Waals surface area (Å²) in [5.74, 6) is 0.0954. The molecule has 0 aliphatic rings. The van der Waals surface area contributed by atoms with Gasteiger partial charge in [-0.3, -0.25) is 4.79 Å². The first kappa shape index (κ1) is 12.4. The number of aromatic nitrogens is 1. The number of hydrogen-bond donors (Lipinski definition) is 1. The van der Waals surface area contributed by atoms with E-state index in [1.54, 1.807) is 11.3 Å². The Morgan fingerprint density at radius 2 is 1.86 bits per heavy atom. The predicted octanol–water partition coefficient (Wildman–Crippen LogP) is 4.92. The molecule has 2 nitrogen and oxygen atoms in total. The molecule has 0 bridgehead atoms. The number of benzene rings is 2. The fourth-order valence-corrected chi connectivity index (χ4v) is 3.82. The summed E-state index contributed by atoms with van der Waals surface area (Å²) in [5.41, 5.74) is 3.55. The second kappa shape index (κ2) is 4.57. The lowest BCUT2D eigenvalue weighted by Crippen LogP contribution is -2.03. The second-order valence-corrected chi connectivity index (χ2v) is 6.06. The summed E-state index contributed by atoms with van der Waals surface area (Å²) in [6.45, 7) is 1.96. The number of ketones is 1. The van der Waals surface area contributed by atoms with Crippen LogP contribution in [0.25, 0.3) is 21.0 Å². The molecular weight excluding hydrogens is 278 g/mol. The van der Waals surface area contributed by atoms with Crippen LogP contribution in [0.3, 0.4) is 0 Å². The Hall–Kier alpha value is -2.39. The fraction of sp³-hybridized carbons (Fsp3) is 0.0556. The Morgan fingerprint density at radius 3 is 2.76 bits per heavy atom. The van der Waals surface area contributed by atoms with Gasteiger partial charge in [0.05, 0.1) is 15.8 Å². The summed E-state index contributed by atoms with van der Waals surface area (Å²) in [7, 11) is 0. The van der Waals surface area contributed by atoms with Crippen LogP contribution in [0, 0.1) is 6.92 Å². The zero-order valence-electron chi connectivity index (χ0n) is 11.5. The van der Waals surface area contributed by atoms with E-state index in [1.807, 2.05) is 60.8 Å². The number of hydrogen-bond acceptors (Lipinski definition) is 2. The number of aromatic amines is 1. The number of rotatable bonds is 2. The molecular formula is C18H13NOS. The molecule has 0 radical (unpaired) electrons. The molecule has 1 N–H and O–H groups in total. The van der Waals surface area contributed by atoms with Crippen LogP contribution in [-0.4, -0.2) is 10.8 Å². The van der Waals surface area contributed by atoms with Gasteiger partial charge in [-0.15, -0.1) is 11.3 Å². The molecule has 0 spiro atoms. The van der Waals surface area contributed by atoms with Crippen molar-refractivity contribution >= 4 is 38.1 Å². The molecule has 0 aliphatic carbocycles. The monoisotopic (exact) mass is 291 g/mol. The van der Waals surface area contributed by atoms with Gasteiger partial charge in [0, 0.05) is 11.3 Å². The van der Waals surface area contributed by atoms with Crippen LogP contribution in [0.15, 0.2) is 53.9 Å². The van der Waals surface area contributed by atoms with Crippen LogP contribution in [0.1, 0.15) is 21.6 Å². The topological polar surface area (TPSA) is 32.9 Å². The van der Waals surface area contributed by atoms with Crippen molar-refractivity contribution in [3.63, 3.8) is 0 Å². The van der Waals surface area contributed by atoms with Crippen LogP contribution < -0.4 is 0 Å². The maximum atomic E-state index is 13.0. The molecule has 2 aromatic heterocycles. The number of H-pyrrole nitrogens is 1. The van der Waals surface area contributed by atoms with Gasteiger partial charge < -0.3 is 4.98 Å². The van der Waals surface area contributed by atoms with Crippen molar-refractivity contribution in [1.29, 1.82) is 0 Å². The van der Waals surface area contributed by atoms with E-state index in [4.69, 9.17) is 0 Å². The first-order valence-corrected chi connectivity index (χ1v) is 7.72. The van der Waals surface area contributed by atoms with Crippen molar-refractivity contribution in [2.75, 3.05) is 0 Å². The number of nitrogens with one attached hydrogen (secondary N) is 1. The number of aryl methyl sites for hydroxylation is 1. The largest absolute Gasteiger partial charge is 0.357 e. The van der Waals surface area contributed by atoms with Crippen molar-refractivity contribution in [2.24, 2.45) is 0 Å². The quantitative estimate of drug-likeness (QED) is 0.522. The maximum absolute atomic E-state index is 13.0. The summed E-state index contributed by atoms with van der Waals surface area (Å²) in [4.78, 5) is 16.3. The minimum absolute atomic E-state index is 0.0954. The molecule has 0 amide bonds. The zero-order valence-corrected chi connectivity index (χ0v) is 12.3. The zero-order chi connectivity index (χ0) is 14.4. The summed E-state index contributed by atoms with van der Waals surface area (Å²) in [6, 6.07) is 15.9. The normalized spacial score (nSPS) is 11.3. The molecule has 102 valence electrons. The van der Waals surface area contributed by atoms with Gasteiger partial charge in [0.15, 0.2) is 5.78 Å². The molecule has 4 rings (SSSR count). The van der Waals surface area contributed by atoms with E-state index in [0.29, 0.717) is 0 Å². The number of fused-ring (bicyclic) bond motifs is 2. The van der Waals surface area contributed by atoms with E-state index < -0.39 is 0 Å². The molecule has 4 aromatic rings. The lowest BCUT2D eigenvalue weighted by atomic mass is 9.97. The van der Waals surface area contributed by atoms with Crippen molar-refractivity contribution in [3.05, 3.63) is 70.7 Å². The third-order valence-corrected chi connectivity index (χ3v) is 4.78. The highest BCUT2D eigenvalue weighted by molar-refractivity contribution is 7.17. The highest BCUT2D eigenvalue weighted by Crippen LogP contribution is 2.31. The predicted molar refractivity (Wildman–Crippen MR) is 88.3 cm³/mol. The Morgan fingerprint density at radius 1 is 1.05 bits per heavy atom. The summed E-state index contributed by atoms with van der Waals surface area (Å²) in [5, 5.41) is 4.12. The first-order chi connectivity index (χ1) is 10.3. The number of carbonyl (C=O) groups is 1. The van der Waals surface area contributed by atoms with Gasteiger partial charge >= 0.3 is 0 Å². The third-order valence-electron chi connectivity index (χ3n) is 3.85. The van der Waals surface area contributed by atoms with E-state index in [-0.39, 0.29) is 5.78 Å². The third kappa shape index (κ3) is 1.82. The van der Waals surface area contributed by atoms with Crippen LogP contribution in [-0.2, 0) is 0 Å². The Balaban J connectivity index is 1.98. The molecule has 3 heteroatoms. The van der Waals surface area contributed by atoms with Crippen molar-refractivity contribution in [2.45, 2.75) is 6.92 Å². The minimum Gasteiger partial charge on any atom is -0.357 e. The summed E-state index contributed by atoms with van der Waals surface area (Å²) < 4.78 is 1.05. The van der Waals surface area contributed by atoms with Crippen LogP contribution in [0.4, 0.5) is 0 Å². The van der Waals surface area contributed by atoms with E-state index in [0.717, 1.165) is 37.8 Å². The van der Waals surface area contributed by atoms with Crippen molar-refractivity contribution < 1.29 is 4.79 Å². The van der Waals surface area contributed by atoms with E-state index in [9.17, 15) is 4.79 Å². The maximum Gasteiger partial charge on any atom is 0.196 e. The van der Waals surface area contributed by atoms with E-state index in [1.165, 1.54) is 0 Å². The second-order valence-electron chi connectivity index (χ2n) is 5.14. The smallest absolute Gasteiger partial charge is 0.196 e. The summed E-state index contributed by atoms with van der Waals surface area (Å²) in [6.07, 6.45) is 0. The van der Waals surface area contributed by atoms with Gasteiger partial charge in [-0.25, -0.2) is 0 Å². The highest BCUT2D eigenvalue weighted by Gasteiger charge is 2.20. The molecule has 21 heavy (non-hydrogen) atoms. The molecule has 2 aromatic carbocycles. The van der Waals surface area contributed by atoms with Gasteiger partial charge in [0.1, 0.15) is 0 Å². The molecule has 2 heterocycles. The van der Waals surface area contributed by atoms with Crippen molar-refractivity contribution in [1.82, 2.24) is 4.98 Å². The van der Waals surface area contributed by atoms with Gasteiger partial charge in [-0.1, -0.05) is 42.5 Å². The van der Waals surface area contributed by atoms with Crippen molar-refractivity contribution in [3.8, 4) is 0 Å². The first-order valence-electron chi connectivity index (χ1n) is 6.84. The van der Waals surface area contributed by atoms with E-state index in [2.05, 4.69) is 4.98 Å².